The number of nitrogens with one attached hydrogen (secondary N) is 1. The van der Waals surface area contributed by atoms with Gasteiger partial charge in [-0.1, -0.05) is 11.6 Å². The first-order valence-electron chi connectivity index (χ1n) is 4.95. The van der Waals surface area contributed by atoms with E-state index in [1.54, 1.807) is 19.1 Å². The molecule has 1 aromatic rings. The van der Waals surface area contributed by atoms with Crippen molar-refractivity contribution in [2.45, 2.75) is 13.0 Å². The Morgan fingerprint density at radius 2 is 2.07 bits per heavy atom. The van der Waals surface area contributed by atoms with Crippen molar-refractivity contribution in [1.82, 2.24) is 5.32 Å². The van der Waals surface area contributed by atoms with Gasteiger partial charge in [0.15, 0.2) is 0 Å². The second kappa shape index (κ2) is 6.67. The first kappa shape index (κ1) is 12.3. The molecule has 4 heteroatoms. The second-order valence-electron chi connectivity index (χ2n) is 3.36. The lowest BCUT2D eigenvalue weighted by Gasteiger charge is -2.08. The molecule has 0 aliphatic heterocycles. The molecule has 2 N–H and O–H groups in total. The van der Waals surface area contributed by atoms with E-state index in [0.717, 1.165) is 5.75 Å². The molecule has 0 saturated heterocycles. The van der Waals surface area contributed by atoms with Gasteiger partial charge in [0.1, 0.15) is 12.4 Å². The van der Waals surface area contributed by atoms with Crippen molar-refractivity contribution >= 4 is 11.6 Å². The van der Waals surface area contributed by atoms with Crippen molar-refractivity contribution in [2.75, 3.05) is 19.7 Å². The molecule has 1 atom stereocenters. The molecule has 0 aromatic heterocycles. The van der Waals surface area contributed by atoms with Crippen molar-refractivity contribution in [1.29, 1.82) is 0 Å². The van der Waals surface area contributed by atoms with E-state index in [0.29, 0.717) is 24.7 Å². The Balaban J connectivity index is 2.12. The van der Waals surface area contributed by atoms with Gasteiger partial charge in [0, 0.05) is 18.1 Å². The third kappa shape index (κ3) is 5.62. The maximum absolute atomic E-state index is 8.98. The highest BCUT2D eigenvalue weighted by molar-refractivity contribution is 6.30. The quantitative estimate of drug-likeness (QED) is 0.730. The molecular formula is C11H16ClNO2. The highest BCUT2D eigenvalue weighted by Gasteiger charge is 1.95. The fraction of sp³-hybridized carbons (Fsp3) is 0.455. The number of aliphatic hydroxyl groups is 1. The van der Waals surface area contributed by atoms with E-state index < -0.39 is 0 Å². The summed E-state index contributed by atoms with van der Waals surface area (Å²) in [6.07, 6.45) is -0.319. The van der Waals surface area contributed by atoms with Crippen LogP contribution in [0.15, 0.2) is 24.3 Å². The summed E-state index contributed by atoms with van der Waals surface area (Å²) in [7, 11) is 0. The van der Waals surface area contributed by atoms with Gasteiger partial charge in [-0.05, 0) is 31.2 Å². The summed E-state index contributed by atoms with van der Waals surface area (Å²) < 4.78 is 5.44. The summed E-state index contributed by atoms with van der Waals surface area (Å²) in [4.78, 5) is 0. The van der Waals surface area contributed by atoms with Crippen LogP contribution in [0.2, 0.25) is 5.02 Å². The molecule has 84 valence electrons. The topological polar surface area (TPSA) is 41.5 Å². The van der Waals surface area contributed by atoms with E-state index in [2.05, 4.69) is 5.32 Å². The summed E-state index contributed by atoms with van der Waals surface area (Å²) in [5.41, 5.74) is 0. The zero-order chi connectivity index (χ0) is 11.1. The monoisotopic (exact) mass is 229 g/mol. The van der Waals surface area contributed by atoms with Crippen LogP contribution in [0.3, 0.4) is 0 Å². The third-order valence-corrected chi connectivity index (χ3v) is 2.05. The van der Waals surface area contributed by atoms with Crippen molar-refractivity contribution in [3.05, 3.63) is 29.3 Å². The molecule has 3 nitrogen and oxygen atoms in total. The van der Waals surface area contributed by atoms with Crippen molar-refractivity contribution in [3.63, 3.8) is 0 Å². The molecule has 0 aliphatic rings. The largest absolute Gasteiger partial charge is 0.492 e. The van der Waals surface area contributed by atoms with Gasteiger partial charge in [0.05, 0.1) is 6.10 Å². The minimum atomic E-state index is -0.319. The van der Waals surface area contributed by atoms with Gasteiger partial charge in [-0.25, -0.2) is 0 Å². The van der Waals surface area contributed by atoms with Crippen LogP contribution in [0, 0.1) is 0 Å². The summed E-state index contributed by atoms with van der Waals surface area (Å²) >= 11 is 5.73. The lowest BCUT2D eigenvalue weighted by atomic mass is 10.3. The van der Waals surface area contributed by atoms with Crippen LogP contribution in [-0.2, 0) is 0 Å². The molecule has 0 heterocycles. The number of rotatable bonds is 6. The van der Waals surface area contributed by atoms with Crippen LogP contribution in [0.4, 0.5) is 0 Å². The summed E-state index contributed by atoms with van der Waals surface area (Å²) in [6.45, 7) is 3.62. The van der Waals surface area contributed by atoms with Gasteiger partial charge in [0.25, 0.3) is 0 Å². The van der Waals surface area contributed by atoms with E-state index in [1.807, 2.05) is 12.1 Å². The molecule has 0 radical (unpaired) electrons. The zero-order valence-electron chi connectivity index (χ0n) is 8.74. The highest BCUT2D eigenvalue weighted by atomic mass is 35.5. The fourth-order valence-corrected chi connectivity index (χ4v) is 1.21. The minimum absolute atomic E-state index is 0.319. The second-order valence-corrected chi connectivity index (χ2v) is 3.79. The number of hydrogen-bond donors (Lipinski definition) is 2. The Morgan fingerprint density at radius 3 is 2.67 bits per heavy atom. The van der Waals surface area contributed by atoms with Crippen LogP contribution < -0.4 is 10.1 Å². The SMILES string of the molecule is C[C@@H](O)CNCCOc1ccc(Cl)cc1. The van der Waals surface area contributed by atoms with Crippen molar-refractivity contribution < 1.29 is 9.84 Å². The van der Waals surface area contributed by atoms with Crippen LogP contribution >= 0.6 is 11.6 Å². The summed E-state index contributed by atoms with van der Waals surface area (Å²) in [5.74, 6) is 0.804. The summed E-state index contributed by atoms with van der Waals surface area (Å²) in [5, 5.41) is 12.7. The number of halogens is 1. The molecular weight excluding hydrogens is 214 g/mol. The number of hydrogen-bond acceptors (Lipinski definition) is 3. The van der Waals surface area contributed by atoms with E-state index in [-0.39, 0.29) is 6.10 Å². The van der Waals surface area contributed by atoms with Gasteiger partial charge in [-0.3, -0.25) is 0 Å². The lowest BCUT2D eigenvalue weighted by Crippen LogP contribution is -2.28. The molecule has 1 aromatic carbocycles. The van der Waals surface area contributed by atoms with Crippen LogP contribution in [0.25, 0.3) is 0 Å². The Hall–Kier alpha value is -0.770. The fourth-order valence-electron chi connectivity index (χ4n) is 1.08. The third-order valence-electron chi connectivity index (χ3n) is 1.80. The molecule has 0 saturated carbocycles. The van der Waals surface area contributed by atoms with E-state index >= 15 is 0 Å². The lowest BCUT2D eigenvalue weighted by molar-refractivity contribution is 0.188. The van der Waals surface area contributed by atoms with Gasteiger partial charge in [-0.15, -0.1) is 0 Å². The molecule has 0 aliphatic carbocycles. The predicted molar refractivity (Wildman–Crippen MR) is 61.5 cm³/mol. The maximum atomic E-state index is 8.98. The van der Waals surface area contributed by atoms with Gasteiger partial charge in [0.2, 0.25) is 0 Å². The Morgan fingerprint density at radius 1 is 1.40 bits per heavy atom. The van der Waals surface area contributed by atoms with Crippen LogP contribution in [0.1, 0.15) is 6.92 Å². The zero-order valence-corrected chi connectivity index (χ0v) is 9.50. The van der Waals surface area contributed by atoms with Crippen LogP contribution in [0.5, 0.6) is 5.75 Å². The smallest absolute Gasteiger partial charge is 0.119 e. The van der Waals surface area contributed by atoms with Gasteiger partial charge >= 0.3 is 0 Å². The Kier molecular flexibility index (Phi) is 5.47. The average Bonchev–Trinajstić information content (AvgIpc) is 2.20. The van der Waals surface area contributed by atoms with E-state index in [1.165, 1.54) is 0 Å². The standard InChI is InChI=1S/C11H16ClNO2/c1-9(14)8-13-6-7-15-11-4-2-10(12)3-5-11/h2-5,9,13-14H,6-8H2,1H3/t9-/m1/s1. The van der Waals surface area contributed by atoms with Gasteiger partial charge < -0.3 is 15.2 Å². The molecule has 1 rings (SSSR count). The first-order valence-corrected chi connectivity index (χ1v) is 5.33. The van der Waals surface area contributed by atoms with Gasteiger partial charge in [-0.2, -0.15) is 0 Å². The Labute approximate surface area is 95.0 Å². The molecule has 15 heavy (non-hydrogen) atoms. The van der Waals surface area contributed by atoms with Crippen molar-refractivity contribution in [2.24, 2.45) is 0 Å². The Bertz CT molecular complexity index is 274. The molecule has 0 bridgehead atoms. The highest BCUT2D eigenvalue weighted by Crippen LogP contribution is 2.14. The predicted octanol–water partition coefficient (Wildman–Crippen LogP) is 1.69. The van der Waals surface area contributed by atoms with Crippen molar-refractivity contribution in [3.8, 4) is 5.75 Å². The molecule has 0 unspecified atom stereocenters. The van der Waals surface area contributed by atoms with Crippen LogP contribution in [-0.4, -0.2) is 30.9 Å². The average molecular weight is 230 g/mol. The molecule has 0 fully saturated rings. The number of benzene rings is 1. The summed E-state index contributed by atoms with van der Waals surface area (Å²) in [6, 6.07) is 7.24. The maximum Gasteiger partial charge on any atom is 0.119 e. The molecule has 0 amide bonds. The normalized spacial score (nSPS) is 12.5. The molecule has 0 spiro atoms. The number of aliphatic hydroxyl groups excluding tert-OH is 1. The number of ether oxygens (including phenoxy) is 1. The van der Waals surface area contributed by atoms with E-state index in [9.17, 15) is 0 Å². The minimum Gasteiger partial charge on any atom is -0.492 e. The first-order chi connectivity index (χ1) is 7.18. The van der Waals surface area contributed by atoms with E-state index in [4.69, 9.17) is 21.4 Å².